The van der Waals surface area contributed by atoms with Crippen molar-refractivity contribution in [3.63, 3.8) is 0 Å². The topological polar surface area (TPSA) is 44.7 Å². The van der Waals surface area contributed by atoms with E-state index in [1.165, 1.54) is 25.7 Å². The first kappa shape index (κ1) is 18.9. The number of methoxy groups -OCH3 is 1. The van der Waals surface area contributed by atoms with Gasteiger partial charge in [0, 0.05) is 39.9 Å². The van der Waals surface area contributed by atoms with Crippen LogP contribution in [0.5, 0.6) is 0 Å². The molecule has 1 fully saturated rings. The van der Waals surface area contributed by atoms with Crippen LogP contribution in [0.1, 0.15) is 46.0 Å². The van der Waals surface area contributed by atoms with Gasteiger partial charge in [-0.25, -0.2) is 0 Å². The van der Waals surface area contributed by atoms with Gasteiger partial charge in [0.2, 0.25) is 0 Å². The van der Waals surface area contributed by atoms with Crippen LogP contribution >= 0.6 is 0 Å². The predicted molar refractivity (Wildman–Crippen MR) is 88.6 cm³/mol. The summed E-state index contributed by atoms with van der Waals surface area (Å²) in [5.74, 6) is 0.879. The number of nitrogens with one attached hydrogen (secondary N) is 1. The molecule has 0 radical (unpaired) electrons. The third-order valence-corrected chi connectivity index (χ3v) is 4.96. The molecule has 2 N–H and O–H groups in total. The quantitative estimate of drug-likeness (QED) is 0.574. The van der Waals surface area contributed by atoms with Crippen molar-refractivity contribution in [1.29, 1.82) is 0 Å². The van der Waals surface area contributed by atoms with Gasteiger partial charge in [-0.05, 0) is 37.1 Å². The molecule has 0 heterocycles. The van der Waals surface area contributed by atoms with E-state index in [9.17, 15) is 0 Å². The smallest absolute Gasteiger partial charge is 0.0587 e. The fourth-order valence-corrected chi connectivity index (χ4v) is 3.41. The summed E-state index contributed by atoms with van der Waals surface area (Å²) in [6.07, 6.45) is 6.23. The van der Waals surface area contributed by atoms with Gasteiger partial charge in [-0.15, -0.1) is 0 Å². The van der Waals surface area contributed by atoms with Gasteiger partial charge in [0.25, 0.3) is 0 Å². The largest absolute Gasteiger partial charge is 0.396 e. The van der Waals surface area contributed by atoms with Crippen LogP contribution in [0.2, 0.25) is 0 Å². The van der Waals surface area contributed by atoms with Gasteiger partial charge in [-0.2, -0.15) is 0 Å². The maximum atomic E-state index is 9.06. The van der Waals surface area contributed by atoms with E-state index in [-0.39, 0.29) is 0 Å². The minimum absolute atomic E-state index is 0.298. The highest BCUT2D eigenvalue weighted by Gasteiger charge is 2.35. The molecule has 1 aliphatic carbocycles. The molecule has 1 aliphatic rings. The maximum absolute atomic E-state index is 9.06. The first-order chi connectivity index (χ1) is 10.2. The summed E-state index contributed by atoms with van der Waals surface area (Å²) in [6, 6.07) is 0. The summed E-state index contributed by atoms with van der Waals surface area (Å²) in [7, 11) is 1.76. The fraction of sp³-hybridized carbons (Fsp3) is 1.00. The van der Waals surface area contributed by atoms with E-state index < -0.39 is 0 Å². The van der Waals surface area contributed by atoms with Crippen molar-refractivity contribution in [3.8, 4) is 0 Å². The molecular weight excluding hydrogens is 264 g/mol. The fourth-order valence-electron chi connectivity index (χ4n) is 3.41. The molecule has 0 aliphatic heterocycles. The van der Waals surface area contributed by atoms with Gasteiger partial charge in [0.1, 0.15) is 0 Å². The van der Waals surface area contributed by atoms with Gasteiger partial charge in [0.15, 0.2) is 0 Å². The minimum atomic E-state index is 0.298. The molecule has 0 aromatic heterocycles. The molecule has 0 amide bonds. The average Bonchev–Trinajstić information content (AvgIpc) is 2.51. The normalized spacial score (nSPS) is 26.4. The van der Waals surface area contributed by atoms with E-state index in [1.54, 1.807) is 7.11 Å². The van der Waals surface area contributed by atoms with Gasteiger partial charge in [-0.1, -0.05) is 26.7 Å². The Balaban J connectivity index is 2.53. The lowest BCUT2D eigenvalue weighted by atomic mass is 9.70. The van der Waals surface area contributed by atoms with Crippen LogP contribution in [0.15, 0.2) is 0 Å². The second-order valence-electron chi connectivity index (χ2n) is 6.80. The summed E-state index contributed by atoms with van der Waals surface area (Å²) in [5.41, 5.74) is 0.408. The third-order valence-electron chi connectivity index (χ3n) is 4.96. The average molecular weight is 300 g/mol. The molecule has 0 unspecified atom stereocenters. The molecule has 1 rings (SSSR count). The third kappa shape index (κ3) is 7.09. The standard InChI is InChI=1S/C17H36N2O2/c1-4-19(11-5-12-20)15-17(14-18-10-13-21-3)8-6-16(2)7-9-17/h16,18,20H,4-15H2,1-3H3. The lowest BCUT2D eigenvalue weighted by molar-refractivity contribution is 0.0826. The Kier molecular flexibility index (Phi) is 9.49. The number of rotatable bonds is 11. The molecule has 0 atom stereocenters. The van der Waals surface area contributed by atoms with Crippen LogP contribution in [0, 0.1) is 11.3 Å². The van der Waals surface area contributed by atoms with Crippen LogP contribution in [0.3, 0.4) is 0 Å². The minimum Gasteiger partial charge on any atom is -0.396 e. The van der Waals surface area contributed by atoms with E-state index in [0.717, 1.165) is 51.7 Å². The van der Waals surface area contributed by atoms with Gasteiger partial charge < -0.3 is 20.1 Å². The lowest BCUT2D eigenvalue weighted by Crippen LogP contribution is -2.47. The van der Waals surface area contributed by atoms with E-state index in [2.05, 4.69) is 24.1 Å². The van der Waals surface area contributed by atoms with Gasteiger partial charge >= 0.3 is 0 Å². The molecule has 0 aromatic carbocycles. The summed E-state index contributed by atoms with van der Waals surface area (Å²) in [4.78, 5) is 2.52. The van der Waals surface area contributed by atoms with Crippen molar-refractivity contribution < 1.29 is 9.84 Å². The van der Waals surface area contributed by atoms with Crippen LogP contribution in [0.4, 0.5) is 0 Å². The number of aliphatic hydroxyl groups excluding tert-OH is 1. The summed E-state index contributed by atoms with van der Waals surface area (Å²) in [5, 5.41) is 12.7. The van der Waals surface area contributed by atoms with Crippen LogP contribution in [0.25, 0.3) is 0 Å². The Morgan fingerprint density at radius 1 is 1.33 bits per heavy atom. The zero-order chi connectivity index (χ0) is 15.6. The SMILES string of the molecule is CCN(CCCO)CC1(CNCCOC)CCC(C)CC1. The zero-order valence-corrected chi connectivity index (χ0v) is 14.4. The highest BCUT2D eigenvalue weighted by Crippen LogP contribution is 2.39. The molecule has 21 heavy (non-hydrogen) atoms. The van der Waals surface area contributed by atoms with E-state index in [4.69, 9.17) is 9.84 Å². The summed E-state index contributed by atoms with van der Waals surface area (Å²) < 4.78 is 5.14. The van der Waals surface area contributed by atoms with Crippen molar-refractivity contribution in [3.05, 3.63) is 0 Å². The monoisotopic (exact) mass is 300 g/mol. The number of aliphatic hydroxyl groups is 1. The second kappa shape index (κ2) is 10.5. The van der Waals surface area contributed by atoms with E-state index in [0.29, 0.717) is 12.0 Å². The molecule has 0 aromatic rings. The van der Waals surface area contributed by atoms with Crippen molar-refractivity contribution in [2.45, 2.75) is 46.0 Å². The lowest BCUT2D eigenvalue weighted by Gasteiger charge is -2.43. The van der Waals surface area contributed by atoms with Gasteiger partial charge in [-0.3, -0.25) is 0 Å². The molecular formula is C17H36N2O2. The van der Waals surface area contributed by atoms with E-state index >= 15 is 0 Å². The molecule has 4 nitrogen and oxygen atoms in total. The Morgan fingerprint density at radius 3 is 2.62 bits per heavy atom. The molecule has 4 heteroatoms. The van der Waals surface area contributed by atoms with Crippen LogP contribution in [-0.4, -0.2) is 63.1 Å². The molecule has 0 saturated heterocycles. The Bertz CT molecular complexity index is 253. The number of nitrogens with zero attached hydrogens (tertiary/aromatic N) is 1. The van der Waals surface area contributed by atoms with Crippen LogP contribution in [-0.2, 0) is 4.74 Å². The summed E-state index contributed by atoms with van der Waals surface area (Å²) >= 11 is 0. The number of ether oxygens (including phenoxy) is 1. The van der Waals surface area contributed by atoms with Gasteiger partial charge in [0.05, 0.1) is 6.61 Å². The van der Waals surface area contributed by atoms with Crippen molar-refractivity contribution in [2.75, 3.05) is 53.0 Å². The van der Waals surface area contributed by atoms with E-state index in [1.807, 2.05) is 0 Å². The van der Waals surface area contributed by atoms with Crippen molar-refractivity contribution in [1.82, 2.24) is 10.2 Å². The Hall–Kier alpha value is -0.160. The predicted octanol–water partition coefficient (Wildman–Crippen LogP) is 2.12. The number of hydrogen-bond donors (Lipinski definition) is 2. The molecule has 1 saturated carbocycles. The molecule has 0 spiro atoms. The second-order valence-corrected chi connectivity index (χ2v) is 6.80. The summed E-state index contributed by atoms with van der Waals surface area (Å²) in [6.45, 7) is 11.0. The Labute approximate surface area is 131 Å². The van der Waals surface area contributed by atoms with Crippen molar-refractivity contribution >= 4 is 0 Å². The Morgan fingerprint density at radius 2 is 2.05 bits per heavy atom. The maximum Gasteiger partial charge on any atom is 0.0587 e. The van der Waals surface area contributed by atoms with Crippen LogP contribution < -0.4 is 5.32 Å². The highest BCUT2D eigenvalue weighted by atomic mass is 16.5. The first-order valence-corrected chi connectivity index (χ1v) is 8.68. The number of hydrogen-bond acceptors (Lipinski definition) is 4. The molecule has 126 valence electrons. The highest BCUT2D eigenvalue weighted by molar-refractivity contribution is 4.89. The zero-order valence-electron chi connectivity index (χ0n) is 14.4. The molecule has 0 bridgehead atoms. The van der Waals surface area contributed by atoms with Crippen molar-refractivity contribution in [2.24, 2.45) is 11.3 Å². The first-order valence-electron chi connectivity index (χ1n) is 8.68.